The Labute approximate surface area is 110 Å². The van der Waals surface area contributed by atoms with Gasteiger partial charge in [-0.05, 0) is 17.2 Å². The molecule has 1 aromatic heterocycles. The first kappa shape index (κ1) is 11.8. The summed E-state index contributed by atoms with van der Waals surface area (Å²) in [7, 11) is 0. The second-order valence-electron chi connectivity index (χ2n) is 4.64. The number of hydrogen-bond acceptors (Lipinski definition) is 4. The topological polar surface area (TPSA) is 75.1 Å². The van der Waals surface area contributed by atoms with Crippen LogP contribution >= 0.6 is 0 Å². The van der Waals surface area contributed by atoms with Gasteiger partial charge in [0.25, 0.3) is 0 Å². The number of nitrogens with zero attached hydrogens (tertiary/aromatic N) is 2. The third kappa shape index (κ3) is 2.08. The van der Waals surface area contributed by atoms with E-state index in [0.29, 0.717) is 0 Å². The first-order valence-corrected chi connectivity index (χ1v) is 6.08. The van der Waals surface area contributed by atoms with Crippen LogP contribution in [0.25, 0.3) is 0 Å². The number of aromatic nitrogens is 2. The molecule has 1 fully saturated rings. The number of nitrogens with one attached hydrogen (secondary N) is 1. The highest BCUT2D eigenvalue weighted by atomic mass is 16.5. The molecule has 19 heavy (non-hydrogen) atoms. The fraction of sp³-hybridized carbons (Fsp3) is 0.214. The van der Waals surface area contributed by atoms with E-state index in [-0.39, 0.29) is 23.7 Å². The maximum absolute atomic E-state index is 11.7. The average molecular weight is 255 g/mol. The van der Waals surface area contributed by atoms with Crippen molar-refractivity contribution in [1.82, 2.24) is 15.7 Å². The number of carbonyl (C=O) groups excluding carboxylic acids is 1. The van der Waals surface area contributed by atoms with E-state index >= 15 is 0 Å². The summed E-state index contributed by atoms with van der Waals surface area (Å²) in [5, 5.41) is 16.4. The summed E-state index contributed by atoms with van der Waals surface area (Å²) in [5.74, 6) is -0.477. The van der Waals surface area contributed by atoms with E-state index in [4.69, 9.17) is 5.21 Å². The van der Waals surface area contributed by atoms with Gasteiger partial charge in [0.05, 0.1) is 12.1 Å². The molecule has 96 valence electrons. The van der Waals surface area contributed by atoms with Crippen molar-refractivity contribution in [2.45, 2.75) is 11.8 Å². The van der Waals surface area contributed by atoms with E-state index in [1.54, 1.807) is 17.9 Å². The van der Waals surface area contributed by atoms with E-state index in [1.807, 2.05) is 36.4 Å². The molecule has 1 aliphatic rings. The van der Waals surface area contributed by atoms with Crippen molar-refractivity contribution in [1.29, 1.82) is 0 Å². The first-order chi connectivity index (χ1) is 9.33. The molecule has 1 saturated carbocycles. The number of amides is 1. The summed E-state index contributed by atoms with van der Waals surface area (Å²) in [6.07, 6.45) is 3.29. The number of hydrogen-bond donors (Lipinski definition) is 2. The maximum atomic E-state index is 11.7. The van der Waals surface area contributed by atoms with Gasteiger partial charge in [-0.3, -0.25) is 10.0 Å². The summed E-state index contributed by atoms with van der Waals surface area (Å²) in [4.78, 5) is 11.7. The lowest BCUT2D eigenvalue weighted by atomic mass is 10.1. The highest BCUT2D eigenvalue weighted by Crippen LogP contribution is 2.60. The normalized spacial score (nSPS) is 24.8. The zero-order valence-electron chi connectivity index (χ0n) is 10.1. The largest absolute Gasteiger partial charge is 0.289 e. The summed E-state index contributed by atoms with van der Waals surface area (Å²) in [5.41, 5.74) is 3.82. The van der Waals surface area contributed by atoms with Crippen molar-refractivity contribution in [3.63, 3.8) is 0 Å². The lowest BCUT2D eigenvalue weighted by molar-refractivity contribution is -0.130. The van der Waals surface area contributed by atoms with Crippen LogP contribution in [0.1, 0.15) is 23.0 Å². The molecule has 1 aliphatic carbocycles. The lowest BCUT2D eigenvalue weighted by Crippen LogP contribution is -2.21. The summed E-state index contributed by atoms with van der Waals surface area (Å²) >= 11 is 0. The van der Waals surface area contributed by atoms with Crippen molar-refractivity contribution in [2.24, 2.45) is 5.92 Å². The molecule has 1 heterocycles. The third-order valence-electron chi connectivity index (χ3n) is 3.61. The molecule has 0 unspecified atom stereocenters. The van der Waals surface area contributed by atoms with Crippen molar-refractivity contribution in [2.75, 3.05) is 0 Å². The van der Waals surface area contributed by atoms with E-state index in [0.717, 1.165) is 11.1 Å². The van der Waals surface area contributed by atoms with Crippen LogP contribution in [0.15, 0.2) is 48.8 Å². The molecule has 0 spiro atoms. The zero-order valence-corrected chi connectivity index (χ0v) is 10.1. The Morgan fingerprint density at radius 2 is 1.79 bits per heavy atom. The molecular formula is C14H13N3O2. The van der Waals surface area contributed by atoms with Crippen LogP contribution in [0.5, 0.6) is 0 Å². The maximum Gasteiger partial charge on any atom is 0.247 e. The Morgan fingerprint density at radius 1 is 1.05 bits per heavy atom. The van der Waals surface area contributed by atoms with Crippen molar-refractivity contribution in [3.05, 3.63) is 59.9 Å². The van der Waals surface area contributed by atoms with Gasteiger partial charge in [0.15, 0.2) is 0 Å². The molecule has 5 nitrogen and oxygen atoms in total. The Bertz CT molecular complexity index is 528. The predicted octanol–water partition coefficient (Wildman–Crippen LogP) is 1.48. The van der Waals surface area contributed by atoms with E-state index in [9.17, 15) is 4.79 Å². The fourth-order valence-corrected chi connectivity index (χ4v) is 2.71. The van der Waals surface area contributed by atoms with Crippen LogP contribution in [0.4, 0.5) is 0 Å². The lowest BCUT2D eigenvalue weighted by Gasteiger charge is -1.99. The monoisotopic (exact) mass is 255 g/mol. The van der Waals surface area contributed by atoms with Gasteiger partial charge < -0.3 is 0 Å². The third-order valence-corrected chi connectivity index (χ3v) is 3.61. The van der Waals surface area contributed by atoms with E-state index in [2.05, 4.69) is 10.2 Å². The smallest absolute Gasteiger partial charge is 0.247 e. The zero-order chi connectivity index (χ0) is 13.2. The van der Waals surface area contributed by atoms with Crippen molar-refractivity contribution in [3.8, 4) is 0 Å². The van der Waals surface area contributed by atoms with Crippen LogP contribution in [0.2, 0.25) is 0 Å². The van der Waals surface area contributed by atoms with Gasteiger partial charge in [-0.1, -0.05) is 30.3 Å². The number of rotatable bonds is 3. The highest BCUT2D eigenvalue weighted by molar-refractivity contribution is 5.84. The first-order valence-electron chi connectivity index (χ1n) is 6.08. The molecular weight excluding hydrogens is 242 g/mol. The molecule has 0 bridgehead atoms. The Morgan fingerprint density at radius 3 is 2.42 bits per heavy atom. The molecule has 0 saturated heterocycles. The van der Waals surface area contributed by atoms with Crippen molar-refractivity contribution < 1.29 is 10.0 Å². The summed E-state index contributed by atoms with van der Waals surface area (Å²) in [6, 6.07) is 11.7. The molecule has 0 radical (unpaired) electrons. The minimum absolute atomic E-state index is 0.0463. The van der Waals surface area contributed by atoms with Gasteiger partial charge in [-0.15, -0.1) is 0 Å². The Hall–Kier alpha value is -2.27. The summed E-state index contributed by atoms with van der Waals surface area (Å²) < 4.78 is 0. The molecule has 3 rings (SSSR count). The van der Waals surface area contributed by atoms with Gasteiger partial charge in [-0.2, -0.15) is 10.2 Å². The fourth-order valence-electron chi connectivity index (χ4n) is 2.71. The van der Waals surface area contributed by atoms with Gasteiger partial charge in [0, 0.05) is 18.0 Å². The summed E-state index contributed by atoms with van der Waals surface area (Å²) in [6.45, 7) is 0. The molecule has 0 aliphatic heterocycles. The standard InChI is InChI=1S/C14H13N3O2/c18-14(17-19)13-11(9-4-2-1-3-5-9)12(13)10-6-7-15-16-8-10/h1-8,11-13,19H,(H,17,18)/t11-,12-,13-/m1/s1. The molecule has 1 aromatic carbocycles. The van der Waals surface area contributed by atoms with Gasteiger partial charge in [-0.25, -0.2) is 5.48 Å². The second kappa shape index (κ2) is 4.78. The van der Waals surface area contributed by atoms with Gasteiger partial charge >= 0.3 is 0 Å². The minimum atomic E-state index is -0.351. The molecule has 2 N–H and O–H groups in total. The number of carbonyl (C=O) groups is 1. The highest BCUT2D eigenvalue weighted by Gasteiger charge is 2.56. The van der Waals surface area contributed by atoms with Crippen LogP contribution < -0.4 is 5.48 Å². The number of benzene rings is 1. The molecule has 3 atom stereocenters. The number of hydroxylamine groups is 1. The molecule has 5 heteroatoms. The Kier molecular flexibility index (Phi) is 2.97. The van der Waals surface area contributed by atoms with Crippen LogP contribution in [0.3, 0.4) is 0 Å². The predicted molar refractivity (Wildman–Crippen MR) is 67.4 cm³/mol. The van der Waals surface area contributed by atoms with Crippen LogP contribution in [0, 0.1) is 5.92 Å². The second-order valence-corrected chi connectivity index (χ2v) is 4.64. The average Bonchev–Trinajstić information content (AvgIpc) is 3.24. The quantitative estimate of drug-likeness (QED) is 0.643. The SMILES string of the molecule is O=C(NO)[C@@H]1[C@H](c2ccccc2)[C@H]1c1ccnnc1. The molecule has 1 amide bonds. The van der Waals surface area contributed by atoms with E-state index in [1.165, 1.54) is 0 Å². The minimum Gasteiger partial charge on any atom is -0.289 e. The van der Waals surface area contributed by atoms with Crippen LogP contribution in [-0.4, -0.2) is 21.3 Å². The van der Waals surface area contributed by atoms with Crippen molar-refractivity contribution >= 4 is 5.91 Å². The molecule has 2 aromatic rings. The van der Waals surface area contributed by atoms with Gasteiger partial charge in [0.2, 0.25) is 5.91 Å². The van der Waals surface area contributed by atoms with E-state index < -0.39 is 0 Å². The van der Waals surface area contributed by atoms with Crippen LogP contribution in [-0.2, 0) is 4.79 Å². The Balaban J connectivity index is 1.93. The van der Waals surface area contributed by atoms with Gasteiger partial charge in [0.1, 0.15) is 0 Å².